The molecule has 1 heterocycles. The first-order valence-electron chi connectivity index (χ1n) is 9.62. The third kappa shape index (κ3) is 5.72. The van der Waals surface area contributed by atoms with E-state index in [2.05, 4.69) is 15.0 Å². The highest BCUT2D eigenvalue weighted by Gasteiger charge is 2.18. The van der Waals surface area contributed by atoms with Gasteiger partial charge in [-0.1, -0.05) is 0 Å². The zero-order valence-corrected chi connectivity index (χ0v) is 18.1. The Morgan fingerprint density at radius 3 is 1.14 bits per heavy atom. The fourth-order valence-electron chi connectivity index (χ4n) is 3.03. The molecule has 1 N–H and O–H groups in total. The predicted octanol–water partition coefficient (Wildman–Crippen LogP) is 4.93. The largest absolute Gasteiger partial charge is 0.353 e. The summed E-state index contributed by atoms with van der Waals surface area (Å²) in [4.78, 5) is 52.7. The van der Waals surface area contributed by atoms with E-state index < -0.39 is 42.4 Å². The lowest BCUT2D eigenvalue weighted by Gasteiger charge is -2.02. The number of aromatic amines is 1. The summed E-state index contributed by atoms with van der Waals surface area (Å²) in [6, 6.07) is 9.30. The number of nitrogens with zero attached hydrogens (tertiary/aromatic N) is 6. The van der Waals surface area contributed by atoms with E-state index in [0.717, 1.165) is 36.4 Å². The van der Waals surface area contributed by atoms with E-state index in [1.807, 2.05) is 0 Å². The number of benzene rings is 2. The van der Waals surface area contributed by atoms with Crippen molar-refractivity contribution in [2.45, 2.75) is 13.8 Å². The first-order chi connectivity index (χ1) is 16.4. The molecule has 3 aromatic rings. The summed E-state index contributed by atoms with van der Waals surface area (Å²) in [5.41, 5.74) is -0.266. The lowest BCUT2D eigenvalue weighted by atomic mass is 10.2. The van der Waals surface area contributed by atoms with Crippen LogP contribution in [0.2, 0.25) is 0 Å². The van der Waals surface area contributed by atoms with Crippen molar-refractivity contribution in [1.29, 1.82) is 0 Å². The van der Waals surface area contributed by atoms with E-state index in [1.54, 1.807) is 26.0 Å². The van der Waals surface area contributed by atoms with E-state index in [0.29, 0.717) is 22.8 Å². The van der Waals surface area contributed by atoms with Crippen LogP contribution in [0.5, 0.6) is 0 Å². The summed E-state index contributed by atoms with van der Waals surface area (Å²) < 4.78 is 0. The average Bonchev–Trinajstić information content (AvgIpc) is 3.29. The Morgan fingerprint density at radius 1 is 0.600 bits per heavy atom. The molecule has 0 aliphatic carbocycles. The van der Waals surface area contributed by atoms with Gasteiger partial charge in [-0.15, -0.1) is 0 Å². The van der Waals surface area contributed by atoms with Gasteiger partial charge < -0.3 is 4.98 Å². The van der Waals surface area contributed by atoms with Crippen LogP contribution in [0, 0.1) is 40.5 Å². The number of hydrogen-bond donors (Lipinski definition) is 1. The number of non-ortho nitro benzene ring substituents is 4. The third-order valence-corrected chi connectivity index (χ3v) is 4.68. The van der Waals surface area contributed by atoms with Crippen molar-refractivity contribution in [3.8, 4) is 0 Å². The maximum atomic E-state index is 11.1. The molecule has 35 heavy (non-hydrogen) atoms. The summed E-state index contributed by atoms with van der Waals surface area (Å²) in [6.07, 6.45) is 0. The smallest absolute Gasteiger partial charge is 0.278 e. The normalized spacial score (nSPS) is 11.8. The first kappa shape index (κ1) is 24.3. The minimum Gasteiger partial charge on any atom is -0.353 e. The molecule has 0 saturated heterocycles. The van der Waals surface area contributed by atoms with Gasteiger partial charge in [0.2, 0.25) is 0 Å². The molecule has 3 rings (SSSR count). The molecule has 0 amide bonds. The number of nitrogens with one attached hydrogen (secondary N) is 1. The Bertz CT molecular complexity index is 1270. The average molecular weight is 481 g/mol. The SMILES string of the molecule is CC(=Nc1cc([N+](=O)[O-])cc([N+](=O)[O-])c1)c1ccc(C(C)=Nc2cc([N+](=O)[O-])cc([N+](=O)[O-])c2)[nH]1. The second-order valence-corrected chi connectivity index (χ2v) is 7.12. The molecule has 178 valence electrons. The highest BCUT2D eigenvalue weighted by atomic mass is 16.6. The van der Waals surface area contributed by atoms with Crippen LogP contribution < -0.4 is 0 Å². The predicted molar refractivity (Wildman–Crippen MR) is 124 cm³/mol. The van der Waals surface area contributed by atoms with Gasteiger partial charge in [0.05, 0.1) is 66.0 Å². The highest BCUT2D eigenvalue weighted by molar-refractivity contribution is 6.03. The molecule has 0 radical (unpaired) electrons. The van der Waals surface area contributed by atoms with Crippen molar-refractivity contribution >= 4 is 45.5 Å². The molecule has 0 saturated carbocycles. The number of H-pyrrole nitrogens is 1. The zero-order valence-electron chi connectivity index (χ0n) is 18.1. The van der Waals surface area contributed by atoms with Gasteiger partial charge >= 0.3 is 0 Å². The van der Waals surface area contributed by atoms with Gasteiger partial charge in [-0.2, -0.15) is 0 Å². The lowest BCUT2D eigenvalue weighted by molar-refractivity contribution is -0.394. The van der Waals surface area contributed by atoms with Crippen LogP contribution in [0.4, 0.5) is 34.1 Å². The highest BCUT2D eigenvalue weighted by Crippen LogP contribution is 2.29. The topological polar surface area (TPSA) is 213 Å². The monoisotopic (exact) mass is 481 g/mol. The molecule has 0 unspecified atom stereocenters. The number of nitro groups is 4. The standard InChI is InChI=1S/C20H15N7O8/c1-11(21-13-5-15(24(28)29)9-16(6-13)25(30)31)19-3-4-20(23-19)12(2)22-14-7-17(26(32)33)10-18(8-14)27(34)35/h3-10,23H,1-2H3. The summed E-state index contributed by atoms with van der Waals surface area (Å²) in [7, 11) is 0. The van der Waals surface area contributed by atoms with Crippen LogP contribution in [0.25, 0.3) is 0 Å². The van der Waals surface area contributed by atoms with Gasteiger partial charge in [-0.3, -0.25) is 50.4 Å². The van der Waals surface area contributed by atoms with E-state index in [4.69, 9.17) is 0 Å². The Kier molecular flexibility index (Phi) is 6.70. The molecule has 0 fully saturated rings. The summed E-state index contributed by atoms with van der Waals surface area (Å²) in [5, 5.41) is 44.3. The number of rotatable bonds is 8. The second-order valence-electron chi connectivity index (χ2n) is 7.12. The van der Waals surface area contributed by atoms with Gasteiger partial charge in [0, 0.05) is 24.3 Å². The molecule has 0 spiro atoms. The molecule has 2 aromatic carbocycles. The van der Waals surface area contributed by atoms with E-state index in [-0.39, 0.29) is 11.4 Å². The maximum absolute atomic E-state index is 11.1. The summed E-state index contributed by atoms with van der Waals surface area (Å²) in [5.74, 6) is 0. The molecule has 15 nitrogen and oxygen atoms in total. The maximum Gasteiger partial charge on any atom is 0.278 e. The Labute approximate surface area is 195 Å². The molecule has 0 atom stereocenters. The first-order valence-corrected chi connectivity index (χ1v) is 9.62. The van der Waals surface area contributed by atoms with Crippen LogP contribution in [-0.4, -0.2) is 36.1 Å². The van der Waals surface area contributed by atoms with E-state index in [1.165, 1.54) is 0 Å². The molecule has 0 aliphatic heterocycles. The van der Waals surface area contributed by atoms with Gasteiger partial charge in [-0.25, -0.2) is 0 Å². The van der Waals surface area contributed by atoms with Crippen molar-refractivity contribution in [3.63, 3.8) is 0 Å². The van der Waals surface area contributed by atoms with Gasteiger partial charge in [0.1, 0.15) is 0 Å². The molecule has 0 bridgehead atoms. The van der Waals surface area contributed by atoms with Crippen LogP contribution in [0.15, 0.2) is 58.5 Å². The molecule has 0 aliphatic rings. The van der Waals surface area contributed by atoms with Gasteiger partial charge in [0.25, 0.3) is 22.7 Å². The fourth-order valence-corrected chi connectivity index (χ4v) is 3.03. The van der Waals surface area contributed by atoms with Crippen LogP contribution in [-0.2, 0) is 0 Å². The second kappa shape index (κ2) is 9.65. The minimum atomic E-state index is -0.758. The van der Waals surface area contributed by atoms with E-state index in [9.17, 15) is 40.5 Å². The Hall–Kier alpha value is -5.34. The molecule has 1 aromatic heterocycles. The number of aromatic nitrogens is 1. The molecular weight excluding hydrogens is 466 g/mol. The summed E-state index contributed by atoms with van der Waals surface area (Å²) >= 11 is 0. The number of nitro benzene ring substituents is 4. The van der Waals surface area contributed by atoms with Crippen LogP contribution >= 0.6 is 0 Å². The molecular formula is C20H15N7O8. The third-order valence-electron chi connectivity index (χ3n) is 4.68. The quantitative estimate of drug-likeness (QED) is 0.264. The van der Waals surface area contributed by atoms with Crippen molar-refractivity contribution in [1.82, 2.24) is 4.98 Å². The zero-order chi connectivity index (χ0) is 25.9. The van der Waals surface area contributed by atoms with Crippen molar-refractivity contribution in [2.24, 2.45) is 9.98 Å². The van der Waals surface area contributed by atoms with Crippen LogP contribution in [0.1, 0.15) is 25.2 Å². The lowest BCUT2D eigenvalue weighted by Crippen LogP contribution is -1.99. The number of aliphatic imine (C=N–C) groups is 2. The van der Waals surface area contributed by atoms with Crippen molar-refractivity contribution < 1.29 is 19.7 Å². The fraction of sp³-hybridized carbons (Fsp3) is 0.100. The Morgan fingerprint density at radius 2 is 0.886 bits per heavy atom. The van der Waals surface area contributed by atoms with Crippen molar-refractivity contribution in [3.05, 3.63) is 100 Å². The van der Waals surface area contributed by atoms with Gasteiger partial charge in [-0.05, 0) is 26.0 Å². The van der Waals surface area contributed by atoms with E-state index >= 15 is 0 Å². The molecule has 15 heteroatoms. The van der Waals surface area contributed by atoms with Crippen molar-refractivity contribution in [2.75, 3.05) is 0 Å². The summed E-state index contributed by atoms with van der Waals surface area (Å²) in [6.45, 7) is 3.16. The Balaban J connectivity index is 1.95. The minimum absolute atomic E-state index is 0.00819. The van der Waals surface area contributed by atoms with Crippen LogP contribution in [0.3, 0.4) is 0 Å². The number of hydrogen-bond acceptors (Lipinski definition) is 10. The van der Waals surface area contributed by atoms with Gasteiger partial charge in [0.15, 0.2) is 0 Å².